The summed E-state index contributed by atoms with van der Waals surface area (Å²) in [6.45, 7) is 6.55. The number of alkyl carbamates (subject to hydrolysis) is 1. The van der Waals surface area contributed by atoms with Crippen LogP contribution in [-0.2, 0) is 9.53 Å². The summed E-state index contributed by atoms with van der Waals surface area (Å²) >= 11 is 0. The molecule has 1 heterocycles. The molecule has 172 valence electrons. The van der Waals surface area contributed by atoms with Crippen molar-refractivity contribution in [3.05, 3.63) is 69.1 Å². The fraction of sp³-hybridized carbons (Fsp3) is 0.261. The third-order valence-corrected chi connectivity index (χ3v) is 4.44. The Kier molecular flexibility index (Phi) is 6.47. The molecule has 0 radical (unpaired) electrons. The van der Waals surface area contributed by atoms with E-state index < -0.39 is 28.6 Å². The molecule has 1 N–H and O–H groups in total. The number of carbonyl (C=O) groups excluding carboxylic acids is 2. The predicted molar refractivity (Wildman–Crippen MR) is 119 cm³/mol. The molecule has 0 fully saturated rings. The zero-order valence-electron chi connectivity index (χ0n) is 18.4. The number of nitro groups is 1. The molecular weight excluding hydrogens is 432 g/mol. The molecule has 0 aliphatic carbocycles. The van der Waals surface area contributed by atoms with Gasteiger partial charge in [-0.25, -0.2) is 9.59 Å². The highest BCUT2D eigenvalue weighted by Gasteiger charge is 2.22. The SMILES string of the molecule is C[C@@H](NC(=O)OC(C)(C)C)C(=O)Oc1ccc2c(=O)c(-c3ccc([N+](=O)[O-])cc3)coc2c1. The molecule has 0 unspecified atom stereocenters. The van der Waals surface area contributed by atoms with E-state index in [4.69, 9.17) is 13.9 Å². The number of nitrogens with one attached hydrogen (secondary N) is 1. The Balaban J connectivity index is 1.77. The molecule has 3 rings (SSSR count). The molecule has 0 aliphatic rings. The van der Waals surface area contributed by atoms with Crippen LogP contribution in [0.1, 0.15) is 27.7 Å². The summed E-state index contributed by atoms with van der Waals surface area (Å²) in [4.78, 5) is 47.3. The van der Waals surface area contributed by atoms with E-state index in [1.54, 1.807) is 20.8 Å². The maximum atomic E-state index is 12.9. The quantitative estimate of drug-likeness (QED) is 0.262. The van der Waals surface area contributed by atoms with Gasteiger partial charge in [-0.1, -0.05) is 0 Å². The van der Waals surface area contributed by atoms with Crippen LogP contribution in [0, 0.1) is 10.1 Å². The first kappa shape index (κ1) is 23.5. The van der Waals surface area contributed by atoms with Crippen LogP contribution in [0.2, 0.25) is 0 Å². The minimum Gasteiger partial charge on any atom is -0.463 e. The van der Waals surface area contributed by atoms with Gasteiger partial charge in [-0.15, -0.1) is 0 Å². The molecule has 10 heteroatoms. The monoisotopic (exact) mass is 454 g/mol. The Hall–Kier alpha value is -4.21. The molecule has 1 aromatic heterocycles. The van der Waals surface area contributed by atoms with E-state index in [2.05, 4.69) is 5.32 Å². The first-order valence-corrected chi connectivity index (χ1v) is 9.96. The van der Waals surface area contributed by atoms with Crippen molar-refractivity contribution in [2.24, 2.45) is 0 Å². The lowest BCUT2D eigenvalue weighted by molar-refractivity contribution is -0.384. The van der Waals surface area contributed by atoms with Crippen LogP contribution < -0.4 is 15.5 Å². The van der Waals surface area contributed by atoms with Gasteiger partial charge in [0.1, 0.15) is 29.2 Å². The average Bonchev–Trinajstić information content (AvgIpc) is 2.72. The van der Waals surface area contributed by atoms with E-state index in [9.17, 15) is 24.5 Å². The molecule has 1 atom stereocenters. The van der Waals surface area contributed by atoms with E-state index in [0.29, 0.717) is 5.56 Å². The molecule has 0 bridgehead atoms. The van der Waals surface area contributed by atoms with Crippen molar-refractivity contribution >= 4 is 28.7 Å². The van der Waals surface area contributed by atoms with Gasteiger partial charge in [-0.2, -0.15) is 0 Å². The summed E-state index contributed by atoms with van der Waals surface area (Å²) in [6.07, 6.45) is 0.486. The summed E-state index contributed by atoms with van der Waals surface area (Å²) < 4.78 is 15.9. The summed E-state index contributed by atoms with van der Waals surface area (Å²) in [5.41, 5.74) is -0.264. The molecule has 0 saturated heterocycles. The third kappa shape index (κ3) is 5.73. The number of hydrogen-bond acceptors (Lipinski definition) is 8. The normalized spacial score (nSPS) is 12.1. The largest absolute Gasteiger partial charge is 0.463 e. The Morgan fingerprint density at radius 3 is 2.39 bits per heavy atom. The highest BCUT2D eigenvalue weighted by atomic mass is 16.6. The van der Waals surface area contributed by atoms with Gasteiger partial charge in [0.15, 0.2) is 5.43 Å². The molecule has 0 saturated carbocycles. The minimum absolute atomic E-state index is 0.0919. The van der Waals surface area contributed by atoms with Gasteiger partial charge in [0, 0.05) is 18.2 Å². The summed E-state index contributed by atoms with van der Waals surface area (Å²) in [6, 6.07) is 8.81. The van der Waals surface area contributed by atoms with Crippen molar-refractivity contribution < 1.29 is 28.4 Å². The highest BCUT2D eigenvalue weighted by molar-refractivity contribution is 5.85. The highest BCUT2D eigenvalue weighted by Crippen LogP contribution is 2.25. The fourth-order valence-electron chi connectivity index (χ4n) is 2.88. The van der Waals surface area contributed by atoms with E-state index >= 15 is 0 Å². The molecule has 2 aromatic carbocycles. The Morgan fingerprint density at radius 2 is 1.79 bits per heavy atom. The second-order valence-electron chi connectivity index (χ2n) is 8.23. The number of non-ortho nitro benzene ring substituents is 1. The maximum Gasteiger partial charge on any atom is 0.408 e. The minimum atomic E-state index is -0.980. The van der Waals surface area contributed by atoms with Gasteiger partial charge in [-0.05, 0) is 57.5 Å². The standard InChI is InChI=1S/C23H22N2O8/c1-13(24-22(28)33-23(2,3)4)21(27)32-16-9-10-17-19(11-16)31-12-18(20(17)26)14-5-7-15(8-6-14)25(29)30/h5-13H,1-4H3,(H,24,28)/t13-/m1/s1. The number of nitro benzene ring substituents is 1. The Labute approximate surface area is 188 Å². The van der Waals surface area contributed by atoms with Crippen LogP contribution in [0.5, 0.6) is 5.75 Å². The number of ether oxygens (including phenoxy) is 2. The van der Waals surface area contributed by atoms with Crippen LogP contribution in [-0.4, -0.2) is 28.6 Å². The lowest BCUT2D eigenvalue weighted by atomic mass is 10.1. The van der Waals surface area contributed by atoms with Gasteiger partial charge in [0.05, 0.1) is 15.9 Å². The number of esters is 1. The van der Waals surface area contributed by atoms with Crippen LogP contribution in [0.3, 0.4) is 0 Å². The van der Waals surface area contributed by atoms with Gasteiger partial charge >= 0.3 is 12.1 Å². The second kappa shape index (κ2) is 9.11. The molecule has 1 amide bonds. The van der Waals surface area contributed by atoms with Gasteiger partial charge in [0.2, 0.25) is 0 Å². The molecule has 3 aromatic rings. The lowest BCUT2D eigenvalue weighted by Gasteiger charge is -2.21. The topological polar surface area (TPSA) is 138 Å². The Morgan fingerprint density at radius 1 is 1.12 bits per heavy atom. The first-order valence-electron chi connectivity index (χ1n) is 9.96. The Bertz CT molecular complexity index is 1270. The molecule has 33 heavy (non-hydrogen) atoms. The van der Waals surface area contributed by atoms with Gasteiger partial charge in [-0.3, -0.25) is 14.9 Å². The third-order valence-electron chi connectivity index (χ3n) is 4.44. The van der Waals surface area contributed by atoms with E-state index in [1.807, 2.05) is 0 Å². The van der Waals surface area contributed by atoms with Crippen molar-refractivity contribution in [3.8, 4) is 16.9 Å². The van der Waals surface area contributed by atoms with Gasteiger partial charge in [0.25, 0.3) is 5.69 Å². The van der Waals surface area contributed by atoms with Crippen molar-refractivity contribution in [2.75, 3.05) is 0 Å². The lowest BCUT2D eigenvalue weighted by Crippen LogP contribution is -2.43. The second-order valence-corrected chi connectivity index (χ2v) is 8.23. The fourth-order valence-corrected chi connectivity index (χ4v) is 2.88. The summed E-state index contributed by atoms with van der Waals surface area (Å²) in [5.74, 6) is -0.610. The number of hydrogen-bond donors (Lipinski definition) is 1. The number of rotatable bonds is 5. The van der Waals surface area contributed by atoms with Crippen molar-refractivity contribution in [1.29, 1.82) is 0 Å². The van der Waals surface area contributed by atoms with Crippen molar-refractivity contribution in [3.63, 3.8) is 0 Å². The van der Waals surface area contributed by atoms with Gasteiger partial charge < -0.3 is 19.2 Å². The van der Waals surface area contributed by atoms with Crippen molar-refractivity contribution in [2.45, 2.75) is 39.3 Å². The summed E-state index contributed by atoms with van der Waals surface area (Å²) in [5, 5.41) is 13.4. The number of benzene rings is 2. The summed E-state index contributed by atoms with van der Waals surface area (Å²) in [7, 11) is 0. The zero-order valence-corrected chi connectivity index (χ0v) is 18.4. The number of fused-ring (bicyclic) bond motifs is 1. The van der Waals surface area contributed by atoms with Crippen LogP contribution >= 0.6 is 0 Å². The van der Waals surface area contributed by atoms with Crippen LogP contribution in [0.25, 0.3) is 22.1 Å². The molecule has 0 spiro atoms. The van der Waals surface area contributed by atoms with Crippen molar-refractivity contribution in [1.82, 2.24) is 5.32 Å². The van der Waals surface area contributed by atoms with Crippen LogP contribution in [0.4, 0.5) is 10.5 Å². The number of nitrogens with zero attached hydrogens (tertiary/aromatic N) is 1. The smallest absolute Gasteiger partial charge is 0.408 e. The maximum absolute atomic E-state index is 12.9. The van der Waals surface area contributed by atoms with Crippen LogP contribution in [0.15, 0.2) is 57.9 Å². The average molecular weight is 454 g/mol. The van der Waals surface area contributed by atoms with E-state index in [0.717, 1.165) is 0 Å². The number of amides is 1. The van der Waals surface area contributed by atoms with E-state index in [-0.39, 0.29) is 33.4 Å². The predicted octanol–water partition coefficient (Wildman–Crippen LogP) is 4.19. The van der Waals surface area contributed by atoms with E-state index in [1.165, 1.54) is 55.7 Å². The molecule has 10 nitrogen and oxygen atoms in total. The molecule has 0 aliphatic heterocycles. The number of carbonyl (C=O) groups is 2. The molecular formula is C23H22N2O8. The first-order chi connectivity index (χ1) is 15.4. The zero-order chi connectivity index (χ0) is 24.3.